The predicted molar refractivity (Wildman–Crippen MR) is 88.3 cm³/mol. The number of benzene rings is 2. The van der Waals surface area contributed by atoms with Gasteiger partial charge in [0.15, 0.2) is 0 Å². The van der Waals surface area contributed by atoms with Crippen molar-refractivity contribution in [2.75, 3.05) is 10.6 Å². The van der Waals surface area contributed by atoms with Gasteiger partial charge in [-0.2, -0.15) is 0 Å². The van der Waals surface area contributed by atoms with Gasteiger partial charge in [0.2, 0.25) is 5.91 Å². The Morgan fingerprint density at radius 2 is 1.68 bits per heavy atom. The summed E-state index contributed by atoms with van der Waals surface area (Å²) in [6.07, 6.45) is 0.507. The van der Waals surface area contributed by atoms with Crippen molar-refractivity contribution >= 4 is 17.3 Å². The summed E-state index contributed by atoms with van der Waals surface area (Å²) in [6.45, 7) is 4.44. The Labute approximate surface area is 130 Å². The van der Waals surface area contributed by atoms with Crippen LogP contribution in [0, 0.1) is 11.7 Å². The van der Waals surface area contributed by atoms with E-state index in [0.29, 0.717) is 24.4 Å². The lowest BCUT2D eigenvalue weighted by atomic mass is 10.1. The molecule has 0 fully saturated rings. The number of amides is 1. The van der Waals surface area contributed by atoms with Crippen LogP contribution >= 0.6 is 0 Å². The van der Waals surface area contributed by atoms with Crippen LogP contribution in [0.5, 0.6) is 0 Å². The molecule has 0 heterocycles. The molecule has 0 aromatic heterocycles. The van der Waals surface area contributed by atoms with E-state index in [-0.39, 0.29) is 11.7 Å². The maximum absolute atomic E-state index is 13.5. The highest BCUT2D eigenvalue weighted by atomic mass is 19.1. The maximum Gasteiger partial charge on any atom is 0.224 e. The molecule has 0 unspecified atom stereocenters. The third-order valence-electron chi connectivity index (χ3n) is 3.20. The van der Waals surface area contributed by atoms with Gasteiger partial charge in [-0.15, -0.1) is 0 Å². The lowest BCUT2D eigenvalue weighted by molar-refractivity contribution is -0.116. The first-order valence-corrected chi connectivity index (χ1v) is 7.42. The molecule has 0 bridgehead atoms. The smallest absolute Gasteiger partial charge is 0.224 e. The summed E-state index contributed by atoms with van der Waals surface area (Å²) in [4.78, 5) is 11.7. The van der Waals surface area contributed by atoms with Crippen LogP contribution in [0.15, 0.2) is 48.5 Å². The molecule has 0 saturated carbocycles. The van der Waals surface area contributed by atoms with Gasteiger partial charge in [0, 0.05) is 29.9 Å². The fourth-order valence-electron chi connectivity index (χ4n) is 2.09. The summed E-state index contributed by atoms with van der Waals surface area (Å²) < 4.78 is 13.5. The molecule has 3 nitrogen and oxygen atoms in total. The van der Waals surface area contributed by atoms with Crippen molar-refractivity contribution in [1.82, 2.24) is 0 Å². The van der Waals surface area contributed by atoms with Crippen LogP contribution in [0.25, 0.3) is 0 Å². The zero-order valence-corrected chi connectivity index (χ0v) is 12.9. The molecule has 0 saturated heterocycles. The molecule has 0 aliphatic carbocycles. The maximum atomic E-state index is 13.5. The molecule has 2 aromatic rings. The quantitative estimate of drug-likeness (QED) is 0.829. The number of hydrogen-bond acceptors (Lipinski definition) is 2. The lowest BCUT2D eigenvalue weighted by Crippen LogP contribution is -2.13. The molecule has 0 spiro atoms. The number of carbonyl (C=O) groups excluding carboxylic acids is 1. The first kappa shape index (κ1) is 16.0. The van der Waals surface area contributed by atoms with Gasteiger partial charge >= 0.3 is 0 Å². The van der Waals surface area contributed by atoms with Crippen molar-refractivity contribution in [2.24, 2.45) is 5.92 Å². The number of anilines is 2. The summed E-state index contributed by atoms with van der Waals surface area (Å²) in [5.74, 6) is 0.136. The first-order valence-electron chi connectivity index (χ1n) is 7.42. The molecule has 2 aromatic carbocycles. The molecule has 2 rings (SSSR count). The van der Waals surface area contributed by atoms with Crippen LogP contribution in [0.3, 0.4) is 0 Å². The molecule has 0 atom stereocenters. The molecule has 0 aliphatic rings. The molecule has 116 valence electrons. The van der Waals surface area contributed by atoms with Gasteiger partial charge in [-0.1, -0.05) is 32.0 Å². The van der Waals surface area contributed by atoms with Crippen LogP contribution in [-0.2, 0) is 11.3 Å². The van der Waals surface area contributed by atoms with E-state index in [0.717, 1.165) is 11.4 Å². The van der Waals surface area contributed by atoms with Crippen molar-refractivity contribution in [3.63, 3.8) is 0 Å². The highest BCUT2D eigenvalue weighted by Crippen LogP contribution is 2.16. The summed E-state index contributed by atoms with van der Waals surface area (Å²) in [7, 11) is 0. The topological polar surface area (TPSA) is 41.1 Å². The molecule has 22 heavy (non-hydrogen) atoms. The summed E-state index contributed by atoms with van der Waals surface area (Å²) in [5.41, 5.74) is 2.27. The Bertz CT molecular complexity index is 623. The van der Waals surface area contributed by atoms with Gasteiger partial charge in [-0.3, -0.25) is 4.79 Å². The van der Waals surface area contributed by atoms with E-state index in [1.807, 2.05) is 44.2 Å². The molecule has 2 N–H and O–H groups in total. The van der Waals surface area contributed by atoms with Crippen molar-refractivity contribution in [2.45, 2.75) is 26.8 Å². The normalized spacial score (nSPS) is 10.5. The summed E-state index contributed by atoms with van der Waals surface area (Å²) in [5, 5.41) is 6.02. The van der Waals surface area contributed by atoms with E-state index in [9.17, 15) is 9.18 Å². The third-order valence-corrected chi connectivity index (χ3v) is 3.20. The average Bonchev–Trinajstić information content (AvgIpc) is 2.47. The molecule has 0 aliphatic heterocycles. The second-order valence-electron chi connectivity index (χ2n) is 5.67. The van der Waals surface area contributed by atoms with Gasteiger partial charge in [-0.25, -0.2) is 4.39 Å². The first-order chi connectivity index (χ1) is 10.5. The van der Waals surface area contributed by atoms with Gasteiger partial charge in [0.05, 0.1) is 0 Å². The molecule has 1 amide bonds. The Kier molecular flexibility index (Phi) is 5.53. The Balaban J connectivity index is 1.89. The largest absolute Gasteiger partial charge is 0.381 e. The highest BCUT2D eigenvalue weighted by Gasteiger charge is 2.05. The Hall–Kier alpha value is -2.36. The van der Waals surface area contributed by atoms with Crippen molar-refractivity contribution < 1.29 is 9.18 Å². The summed E-state index contributed by atoms with van der Waals surface area (Å²) in [6, 6.07) is 14.1. The van der Waals surface area contributed by atoms with E-state index in [1.54, 1.807) is 12.1 Å². The van der Waals surface area contributed by atoms with E-state index in [4.69, 9.17) is 0 Å². The molecular weight excluding hydrogens is 279 g/mol. The van der Waals surface area contributed by atoms with E-state index < -0.39 is 0 Å². The van der Waals surface area contributed by atoms with Crippen LogP contribution in [0.4, 0.5) is 15.8 Å². The van der Waals surface area contributed by atoms with Crippen LogP contribution in [0.1, 0.15) is 25.8 Å². The van der Waals surface area contributed by atoms with E-state index in [1.165, 1.54) is 6.07 Å². The van der Waals surface area contributed by atoms with Crippen LogP contribution in [-0.4, -0.2) is 5.91 Å². The minimum Gasteiger partial charge on any atom is -0.381 e. The number of rotatable bonds is 6. The standard InChI is InChI=1S/C18H21FN2O/c1-13(2)11-18(22)21-16-9-7-15(8-10-16)20-12-14-5-3-4-6-17(14)19/h3-10,13,20H,11-12H2,1-2H3,(H,21,22). The van der Waals surface area contributed by atoms with Gasteiger partial charge < -0.3 is 10.6 Å². The highest BCUT2D eigenvalue weighted by molar-refractivity contribution is 5.90. The zero-order chi connectivity index (χ0) is 15.9. The number of hydrogen-bond donors (Lipinski definition) is 2. The fourth-order valence-corrected chi connectivity index (χ4v) is 2.09. The molecule has 4 heteroatoms. The molecular formula is C18H21FN2O. The van der Waals surface area contributed by atoms with Crippen molar-refractivity contribution in [3.8, 4) is 0 Å². The van der Waals surface area contributed by atoms with E-state index >= 15 is 0 Å². The third kappa shape index (κ3) is 4.88. The molecule has 0 radical (unpaired) electrons. The average molecular weight is 300 g/mol. The van der Waals surface area contributed by atoms with Gasteiger partial charge in [0.1, 0.15) is 5.82 Å². The van der Waals surface area contributed by atoms with Crippen LogP contribution in [0.2, 0.25) is 0 Å². The SMILES string of the molecule is CC(C)CC(=O)Nc1ccc(NCc2ccccc2F)cc1. The Morgan fingerprint density at radius 1 is 1.05 bits per heavy atom. The number of halogens is 1. The monoisotopic (exact) mass is 300 g/mol. The van der Waals surface area contributed by atoms with Gasteiger partial charge in [0.25, 0.3) is 0 Å². The fraction of sp³-hybridized carbons (Fsp3) is 0.278. The second kappa shape index (κ2) is 7.59. The zero-order valence-electron chi connectivity index (χ0n) is 12.9. The lowest BCUT2D eigenvalue weighted by Gasteiger charge is -2.10. The number of nitrogens with one attached hydrogen (secondary N) is 2. The minimum absolute atomic E-state index is 0.0158. The van der Waals surface area contributed by atoms with Crippen molar-refractivity contribution in [1.29, 1.82) is 0 Å². The predicted octanol–water partition coefficient (Wildman–Crippen LogP) is 4.42. The number of carbonyl (C=O) groups is 1. The second-order valence-corrected chi connectivity index (χ2v) is 5.67. The summed E-state index contributed by atoms with van der Waals surface area (Å²) >= 11 is 0. The van der Waals surface area contributed by atoms with E-state index in [2.05, 4.69) is 10.6 Å². The van der Waals surface area contributed by atoms with Crippen LogP contribution < -0.4 is 10.6 Å². The Morgan fingerprint density at radius 3 is 2.32 bits per heavy atom. The van der Waals surface area contributed by atoms with Crippen molar-refractivity contribution in [3.05, 3.63) is 59.9 Å². The minimum atomic E-state index is -0.215. The van der Waals surface area contributed by atoms with Gasteiger partial charge in [-0.05, 0) is 36.2 Å².